The maximum absolute atomic E-state index is 10.2. The van der Waals surface area contributed by atoms with Crippen LogP contribution in [0.5, 0.6) is 0 Å². The normalized spacial score (nSPS) is 24.5. The molecule has 2 atom stereocenters. The van der Waals surface area contributed by atoms with Crippen molar-refractivity contribution >= 4 is 21.5 Å². The van der Waals surface area contributed by atoms with Crippen molar-refractivity contribution in [2.45, 2.75) is 44.1 Å². The van der Waals surface area contributed by atoms with E-state index in [0.29, 0.717) is 6.54 Å². The molecular weight excluding hydrogens is 298 g/mol. The monoisotopic (exact) mass is 321 g/mol. The number of hydrogen-bond donors (Lipinski definition) is 3. The van der Waals surface area contributed by atoms with Gasteiger partial charge in [0.15, 0.2) is 0 Å². The summed E-state index contributed by atoms with van der Waals surface area (Å²) in [6.45, 7) is 0.640. The fraction of sp³-hybridized carbons (Fsp3) is 0.333. The lowest BCUT2D eigenvalue weighted by Crippen LogP contribution is -2.50. The van der Waals surface area contributed by atoms with Gasteiger partial charge in [0, 0.05) is 6.54 Å². The smallest absolute Gasteiger partial charge is 0.0718 e. The molecule has 3 aromatic carbocycles. The molecule has 3 aromatic rings. The minimum atomic E-state index is -0.477. The summed E-state index contributed by atoms with van der Waals surface area (Å²) in [4.78, 5) is 0. The highest BCUT2D eigenvalue weighted by molar-refractivity contribution is 6.02. The van der Waals surface area contributed by atoms with Crippen LogP contribution in [0.2, 0.25) is 0 Å². The Bertz CT molecular complexity index is 797. The van der Waals surface area contributed by atoms with E-state index < -0.39 is 12.2 Å². The molecule has 3 nitrogen and oxygen atoms in total. The summed E-state index contributed by atoms with van der Waals surface area (Å²) in [5.41, 5.74) is 1.23. The van der Waals surface area contributed by atoms with Crippen LogP contribution in [0, 0.1) is 0 Å². The molecule has 1 aliphatic carbocycles. The van der Waals surface area contributed by atoms with Gasteiger partial charge in [-0.25, -0.2) is 0 Å². The van der Waals surface area contributed by atoms with E-state index in [1.54, 1.807) is 0 Å². The van der Waals surface area contributed by atoms with Gasteiger partial charge < -0.3 is 15.5 Å². The molecule has 0 radical (unpaired) electrons. The Labute approximate surface area is 141 Å². The molecule has 0 bridgehead atoms. The fourth-order valence-electron chi connectivity index (χ4n) is 3.94. The Morgan fingerprint density at radius 1 is 0.833 bits per heavy atom. The second kappa shape index (κ2) is 6.52. The topological polar surface area (TPSA) is 52.5 Å². The zero-order valence-corrected chi connectivity index (χ0v) is 13.7. The van der Waals surface area contributed by atoms with E-state index in [2.05, 4.69) is 59.9 Å². The van der Waals surface area contributed by atoms with Crippen LogP contribution in [0.3, 0.4) is 0 Å². The number of fused-ring (bicyclic) bond motifs is 2. The van der Waals surface area contributed by atoms with E-state index in [-0.39, 0.29) is 6.04 Å². The summed E-state index contributed by atoms with van der Waals surface area (Å²) < 4.78 is 0. The van der Waals surface area contributed by atoms with E-state index in [1.807, 2.05) is 0 Å². The summed E-state index contributed by atoms with van der Waals surface area (Å²) in [5.74, 6) is 0. The molecule has 0 amide bonds. The number of rotatable bonds is 3. The molecule has 24 heavy (non-hydrogen) atoms. The Hall–Kier alpha value is -1.94. The molecule has 124 valence electrons. The first kappa shape index (κ1) is 15.6. The predicted octanol–water partition coefficient (Wildman–Crippen LogP) is 3.36. The van der Waals surface area contributed by atoms with Crippen molar-refractivity contribution in [1.82, 2.24) is 5.32 Å². The number of hydrogen-bond acceptors (Lipinski definition) is 3. The van der Waals surface area contributed by atoms with E-state index in [0.717, 1.165) is 19.3 Å². The van der Waals surface area contributed by atoms with E-state index in [9.17, 15) is 10.2 Å². The quantitative estimate of drug-likeness (QED) is 0.648. The van der Waals surface area contributed by atoms with Gasteiger partial charge in [0.25, 0.3) is 0 Å². The SMILES string of the molecule is OC1CCCC(O)C1NCc1c2ccccc2cc2ccccc12. The maximum atomic E-state index is 10.2. The number of nitrogens with one attached hydrogen (secondary N) is 1. The second-order valence-corrected chi connectivity index (χ2v) is 6.77. The van der Waals surface area contributed by atoms with Crippen LogP contribution in [0.4, 0.5) is 0 Å². The lowest BCUT2D eigenvalue weighted by atomic mass is 9.89. The molecule has 0 saturated heterocycles. The first-order chi connectivity index (χ1) is 11.7. The molecule has 1 fully saturated rings. The molecule has 0 aliphatic heterocycles. The van der Waals surface area contributed by atoms with Crippen molar-refractivity contribution < 1.29 is 10.2 Å². The molecule has 1 saturated carbocycles. The molecular formula is C21H23NO2. The third-order valence-corrected chi connectivity index (χ3v) is 5.23. The molecule has 0 aromatic heterocycles. The summed E-state index contributed by atoms with van der Waals surface area (Å²) >= 11 is 0. The van der Waals surface area contributed by atoms with Gasteiger partial charge in [0.05, 0.1) is 18.2 Å². The molecule has 1 aliphatic rings. The molecule has 3 heteroatoms. The van der Waals surface area contributed by atoms with Crippen molar-refractivity contribution in [2.75, 3.05) is 0 Å². The summed E-state index contributed by atoms with van der Waals surface area (Å²) in [7, 11) is 0. The van der Waals surface area contributed by atoms with Crippen molar-refractivity contribution in [3.63, 3.8) is 0 Å². The minimum Gasteiger partial charge on any atom is -0.391 e. The van der Waals surface area contributed by atoms with Gasteiger partial charge in [-0.3, -0.25) is 0 Å². The molecule has 2 unspecified atom stereocenters. The minimum absolute atomic E-state index is 0.253. The molecule has 4 rings (SSSR count). The maximum Gasteiger partial charge on any atom is 0.0718 e. The van der Waals surface area contributed by atoms with Crippen LogP contribution >= 0.6 is 0 Å². The highest BCUT2D eigenvalue weighted by Gasteiger charge is 2.30. The Morgan fingerprint density at radius 2 is 1.38 bits per heavy atom. The van der Waals surface area contributed by atoms with Gasteiger partial charge in [-0.05, 0) is 52.4 Å². The molecule has 3 N–H and O–H groups in total. The average Bonchev–Trinajstić information content (AvgIpc) is 2.60. The van der Waals surface area contributed by atoms with E-state index >= 15 is 0 Å². The second-order valence-electron chi connectivity index (χ2n) is 6.77. The number of aliphatic hydroxyl groups is 2. The highest BCUT2D eigenvalue weighted by atomic mass is 16.3. The number of aliphatic hydroxyl groups excluding tert-OH is 2. The standard InChI is InChI=1S/C21H23NO2/c23-19-10-5-11-20(24)21(19)22-13-18-16-8-3-1-6-14(16)12-15-7-2-4-9-17(15)18/h1-4,6-9,12,19-24H,5,10-11,13H2. The van der Waals surface area contributed by atoms with Crippen molar-refractivity contribution in [3.05, 3.63) is 60.2 Å². The Balaban J connectivity index is 1.74. The van der Waals surface area contributed by atoms with Crippen molar-refractivity contribution in [2.24, 2.45) is 0 Å². The van der Waals surface area contributed by atoms with Gasteiger partial charge >= 0.3 is 0 Å². The number of benzene rings is 3. The third-order valence-electron chi connectivity index (χ3n) is 5.23. The highest BCUT2D eigenvalue weighted by Crippen LogP contribution is 2.29. The molecule has 0 heterocycles. The van der Waals surface area contributed by atoms with E-state index in [1.165, 1.54) is 27.1 Å². The predicted molar refractivity (Wildman–Crippen MR) is 97.9 cm³/mol. The van der Waals surface area contributed by atoms with Crippen LogP contribution < -0.4 is 5.32 Å². The zero-order chi connectivity index (χ0) is 16.5. The molecule has 0 spiro atoms. The lowest BCUT2D eigenvalue weighted by molar-refractivity contribution is 0.000951. The van der Waals surface area contributed by atoms with Crippen LogP contribution in [-0.2, 0) is 6.54 Å². The third kappa shape index (κ3) is 2.80. The summed E-state index contributed by atoms with van der Waals surface area (Å²) in [6, 6.07) is 18.8. The van der Waals surface area contributed by atoms with Crippen molar-refractivity contribution in [1.29, 1.82) is 0 Å². The summed E-state index contributed by atoms with van der Waals surface area (Å²) in [5, 5.41) is 28.8. The average molecular weight is 321 g/mol. The summed E-state index contributed by atoms with van der Waals surface area (Å²) in [6.07, 6.45) is 1.44. The van der Waals surface area contributed by atoms with Gasteiger partial charge in [-0.15, -0.1) is 0 Å². The van der Waals surface area contributed by atoms with Gasteiger partial charge in [0.1, 0.15) is 0 Å². The first-order valence-corrected chi connectivity index (χ1v) is 8.73. The van der Waals surface area contributed by atoms with Crippen LogP contribution in [0.1, 0.15) is 24.8 Å². The zero-order valence-electron chi connectivity index (χ0n) is 13.7. The first-order valence-electron chi connectivity index (χ1n) is 8.73. The Kier molecular flexibility index (Phi) is 4.23. The van der Waals surface area contributed by atoms with Gasteiger partial charge in [-0.2, -0.15) is 0 Å². The van der Waals surface area contributed by atoms with Gasteiger partial charge in [0.2, 0.25) is 0 Å². The van der Waals surface area contributed by atoms with Crippen LogP contribution in [0.25, 0.3) is 21.5 Å². The lowest BCUT2D eigenvalue weighted by Gasteiger charge is -2.33. The Morgan fingerprint density at radius 3 is 1.96 bits per heavy atom. The van der Waals surface area contributed by atoms with Crippen LogP contribution in [-0.4, -0.2) is 28.5 Å². The fourth-order valence-corrected chi connectivity index (χ4v) is 3.94. The van der Waals surface area contributed by atoms with E-state index in [4.69, 9.17) is 0 Å². The van der Waals surface area contributed by atoms with Gasteiger partial charge in [-0.1, -0.05) is 48.5 Å². The largest absolute Gasteiger partial charge is 0.391 e. The van der Waals surface area contributed by atoms with Crippen LogP contribution in [0.15, 0.2) is 54.6 Å². The van der Waals surface area contributed by atoms with Crippen molar-refractivity contribution in [3.8, 4) is 0 Å².